The van der Waals surface area contributed by atoms with Crippen molar-refractivity contribution in [2.75, 3.05) is 6.54 Å². The number of alkyl halides is 3. The Morgan fingerprint density at radius 1 is 1.33 bits per heavy atom. The number of benzene rings is 1. The molecule has 1 aromatic carbocycles. The summed E-state index contributed by atoms with van der Waals surface area (Å²) in [5.74, 6) is 0.638. The molecule has 0 aliphatic heterocycles. The lowest BCUT2D eigenvalue weighted by molar-refractivity contribution is -0.137. The van der Waals surface area contributed by atoms with Gasteiger partial charge in [-0.1, -0.05) is 25.1 Å². The Balaban J connectivity index is 2.08. The Morgan fingerprint density at radius 2 is 2.06 bits per heavy atom. The van der Waals surface area contributed by atoms with Crippen molar-refractivity contribution >= 4 is 0 Å². The summed E-state index contributed by atoms with van der Waals surface area (Å²) in [6.07, 6.45) is -1.18. The molecule has 1 aliphatic carbocycles. The first-order chi connectivity index (χ1) is 8.50. The van der Waals surface area contributed by atoms with Crippen LogP contribution < -0.4 is 5.32 Å². The van der Waals surface area contributed by atoms with Crippen molar-refractivity contribution in [2.24, 2.45) is 5.92 Å². The molecule has 0 radical (unpaired) electrons. The Labute approximate surface area is 105 Å². The van der Waals surface area contributed by atoms with Crippen molar-refractivity contribution in [1.82, 2.24) is 5.32 Å². The third-order valence-corrected chi connectivity index (χ3v) is 3.37. The largest absolute Gasteiger partial charge is 0.416 e. The van der Waals surface area contributed by atoms with E-state index in [1.165, 1.54) is 25.0 Å². The molecule has 1 saturated carbocycles. The average Bonchev–Trinajstić information content (AvgIpc) is 3.11. The number of halogens is 3. The Hall–Kier alpha value is -1.03. The maximum Gasteiger partial charge on any atom is 0.416 e. The third kappa shape index (κ3) is 3.48. The van der Waals surface area contributed by atoms with Gasteiger partial charge in [0.05, 0.1) is 5.56 Å². The summed E-state index contributed by atoms with van der Waals surface area (Å²) in [7, 11) is 0. The van der Waals surface area contributed by atoms with Gasteiger partial charge in [0, 0.05) is 6.04 Å². The SMILES string of the molecule is CCNC(Cc1cccc(C(F)(F)F)c1)C1CC1. The van der Waals surface area contributed by atoms with Crippen LogP contribution in [0.5, 0.6) is 0 Å². The van der Waals surface area contributed by atoms with Gasteiger partial charge in [-0.3, -0.25) is 0 Å². The highest BCUT2D eigenvalue weighted by Crippen LogP contribution is 2.35. The highest BCUT2D eigenvalue weighted by atomic mass is 19.4. The minimum absolute atomic E-state index is 0.318. The summed E-state index contributed by atoms with van der Waals surface area (Å²) in [6, 6.07) is 5.99. The van der Waals surface area contributed by atoms with Crippen LogP contribution >= 0.6 is 0 Å². The van der Waals surface area contributed by atoms with Crippen LogP contribution in [0.2, 0.25) is 0 Å². The third-order valence-electron chi connectivity index (χ3n) is 3.37. The summed E-state index contributed by atoms with van der Waals surface area (Å²) < 4.78 is 37.8. The molecule has 1 atom stereocenters. The van der Waals surface area contributed by atoms with Gasteiger partial charge in [0.2, 0.25) is 0 Å². The Bertz CT molecular complexity index is 396. The van der Waals surface area contributed by atoms with Crippen LogP contribution in [0, 0.1) is 5.92 Å². The van der Waals surface area contributed by atoms with Gasteiger partial charge in [-0.2, -0.15) is 13.2 Å². The molecule has 0 spiro atoms. The van der Waals surface area contributed by atoms with Crippen molar-refractivity contribution in [2.45, 2.75) is 38.4 Å². The van der Waals surface area contributed by atoms with E-state index in [4.69, 9.17) is 0 Å². The predicted octanol–water partition coefficient (Wildman–Crippen LogP) is 3.64. The number of hydrogen-bond donors (Lipinski definition) is 1. The van der Waals surface area contributed by atoms with Crippen LogP contribution in [0.25, 0.3) is 0 Å². The Kier molecular flexibility index (Phi) is 3.95. The number of rotatable bonds is 5. The van der Waals surface area contributed by atoms with Gasteiger partial charge >= 0.3 is 6.18 Å². The number of likely N-dealkylation sites (N-methyl/N-ethyl adjacent to an activating group) is 1. The minimum Gasteiger partial charge on any atom is -0.314 e. The van der Waals surface area contributed by atoms with Gasteiger partial charge in [-0.15, -0.1) is 0 Å². The smallest absolute Gasteiger partial charge is 0.314 e. The molecule has 0 saturated heterocycles. The molecule has 2 rings (SSSR count). The zero-order valence-electron chi connectivity index (χ0n) is 10.4. The van der Waals surface area contributed by atoms with Gasteiger partial charge < -0.3 is 5.32 Å². The molecule has 18 heavy (non-hydrogen) atoms. The number of nitrogens with one attached hydrogen (secondary N) is 1. The van der Waals surface area contributed by atoms with Gasteiger partial charge in [0.25, 0.3) is 0 Å². The summed E-state index contributed by atoms with van der Waals surface area (Å²) >= 11 is 0. The van der Waals surface area contributed by atoms with E-state index < -0.39 is 11.7 Å². The van der Waals surface area contributed by atoms with E-state index in [1.54, 1.807) is 6.07 Å². The maximum absolute atomic E-state index is 12.6. The van der Waals surface area contributed by atoms with E-state index in [0.717, 1.165) is 18.2 Å². The molecular formula is C14H18F3N. The standard InChI is InChI=1S/C14H18F3N/c1-2-18-13(11-6-7-11)9-10-4-3-5-12(8-10)14(15,16)17/h3-5,8,11,13,18H,2,6-7,9H2,1H3. The monoisotopic (exact) mass is 257 g/mol. The molecule has 4 heteroatoms. The highest BCUT2D eigenvalue weighted by Gasteiger charge is 2.32. The van der Waals surface area contributed by atoms with Gasteiger partial charge in [-0.05, 0) is 43.4 Å². The molecule has 1 aliphatic rings. The van der Waals surface area contributed by atoms with Crippen LogP contribution in [-0.2, 0) is 12.6 Å². The second-order valence-corrected chi connectivity index (χ2v) is 4.90. The van der Waals surface area contributed by atoms with Crippen molar-refractivity contribution in [3.05, 3.63) is 35.4 Å². The lowest BCUT2D eigenvalue weighted by Crippen LogP contribution is -2.32. The van der Waals surface area contributed by atoms with Gasteiger partial charge in [0.1, 0.15) is 0 Å². The average molecular weight is 257 g/mol. The first kappa shape index (κ1) is 13.4. The van der Waals surface area contributed by atoms with Crippen LogP contribution in [0.1, 0.15) is 30.9 Å². The van der Waals surface area contributed by atoms with E-state index in [1.807, 2.05) is 6.92 Å². The molecule has 0 aromatic heterocycles. The Morgan fingerprint density at radius 3 is 2.61 bits per heavy atom. The molecule has 0 bridgehead atoms. The molecule has 1 aromatic rings. The quantitative estimate of drug-likeness (QED) is 0.849. The number of hydrogen-bond acceptors (Lipinski definition) is 1. The van der Waals surface area contributed by atoms with Crippen LogP contribution in [0.15, 0.2) is 24.3 Å². The normalized spacial score (nSPS) is 17.8. The summed E-state index contributed by atoms with van der Waals surface area (Å²) in [5.41, 5.74) is 0.216. The minimum atomic E-state index is -4.25. The molecule has 1 nitrogen and oxygen atoms in total. The maximum atomic E-state index is 12.6. The van der Waals surface area contributed by atoms with E-state index in [2.05, 4.69) is 5.32 Å². The second-order valence-electron chi connectivity index (χ2n) is 4.90. The summed E-state index contributed by atoms with van der Waals surface area (Å²) in [5, 5.41) is 3.37. The van der Waals surface area contributed by atoms with E-state index in [0.29, 0.717) is 18.4 Å². The lowest BCUT2D eigenvalue weighted by atomic mass is 10.00. The lowest BCUT2D eigenvalue weighted by Gasteiger charge is -2.18. The first-order valence-electron chi connectivity index (χ1n) is 6.40. The second kappa shape index (κ2) is 5.31. The van der Waals surface area contributed by atoms with Crippen molar-refractivity contribution in [3.8, 4) is 0 Å². The van der Waals surface area contributed by atoms with Gasteiger partial charge in [0.15, 0.2) is 0 Å². The predicted molar refractivity (Wildman–Crippen MR) is 65.3 cm³/mol. The molecule has 0 amide bonds. The topological polar surface area (TPSA) is 12.0 Å². The molecule has 0 heterocycles. The molecule has 1 fully saturated rings. The zero-order valence-corrected chi connectivity index (χ0v) is 10.4. The van der Waals surface area contributed by atoms with Crippen molar-refractivity contribution in [3.63, 3.8) is 0 Å². The van der Waals surface area contributed by atoms with Gasteiger partial charge in [-0.25, -0.2) is 0 Å². The summed E-state index contributed by atoms with van der Waals surface area (Å²) in [4.78, 5) is 0. The molecule has 1 N–H and O–H groups in total. The van der Waals surface area contributed by atoms with Crippen LogP contribution in [0.3, 0.4) is 0 Å². The van der Waals surface area contributed by atoms with Crippen molar-refractivity contribution in [1.29, 1.82) is 0 Å². The van der Waals surface area contributed by atoms with E-state index >= 15 is 0 Å². The van der Waals surface area contributed by atoms with Crippen molar-refractivity contribution < 1.29 is 13.2 Å². The zero-order chi connectivity index (χ0) is 13.2. The van der Waals surface area contributed by atoms with Crippen LogP contribution in [0.4, 0.5) is 13.2 Å². The van der Waals surface area contributed by atoms with E-state index in [9.17, 15) is 13.2 Å². The fourth-order valence-electron chi connectivity index (χ4n) is 2.29. The fraction of sp³-hybridized carbons (Fsp3) is 0.571. The summed E-state index contributed by atoms with van der Waals surface area (Å²) in [6.45, 7) is 2.89. The molecular weight excluding hydrogens is 239 g/mol. The van der Waals surface area contributed by atoms with E-state index in [-0.39, 0.29) is 0 Å². The molecule has 100 valence electrons. The first-order valence-corrected chi connectivity index (χ1v) is 6.40. The molecule has 1 unspecified atom stereocenters. The fourth-order valence-corrected chi connectivity index (χ4v) is 2.29. The van der Waals surface area contributed by atoms with Crippen LogP contribution in [-0.4, -0.2) is 12.6 Å². The highest BCUT2D eigenvalue weighted by molar-refractivity contribution is 5.26.